The van der Waals surface area contributed by atoms with Crippen LogP contribution in [0.3, 0.4) is 0 Å². The molecule has 0 rings (SSSR count). The Balaban J connectivity index is -0.00000180. The van der Waals surface area contributed by atoms with Crippen molar-refractivity contribution < 1.29 is 63.0 Å². The zero-order valence-electron chi connectivity index (χ0n) is 13.4. The standard InChI is InChI=1S/C12H20O7S.Na.H/c1-3-5-6-8-19-12(14)10(20(15,16)17)9-11(13)18-7-4-2;;/h4,10H,2-3,5-9H2,1H3,(H,15,16,17);;/q;+1;-1. The molecule has 0 aromatic heterocycles. The third kappa shape index (κ3) is 10.9. The minimum absolute atomic E-state index is 0. The minimum Gasteiger partial charge on any atom is -1.00 e. The van der Waals surface area contributed by atoms with E-state index in [4.69, 9.17) is 9.29 Å². The molecule has 0 aliphatic rings. The maximum atomic E-state index is 11.6. The van der Waals surface area contributed by atoms with Crippen molar-refractivity contribution in [3.8, 4) is 0 Å². The summed E-state index contributed by atoms with van der Waals surface area (Å²) in [6.07, 6.45) is 2.82. The Kier molecular flexibility index (Phi) is 13.2. The van der Waals surface area contributed by atoms with Crippen molar-refractivity contribution in [2.24, 2.45) is 0 Å². The fourth-order valence-corrected chi connectivity index (χ4v) is 1.95. The summed E-state index contributed by atoms with van der Waals surface area (Å²) in [6, 6.07) is 0. The SMILES string of the molecule is C=CCOC(=O)CC(C(=O)OCCCCC)S(=O)(=O)O.[H-].[Na+]. The van der Waals surface area contributed by atoms with Crippen LogP contribution in [0.1, 0.15) is 34.0 Å². The summed E-state index contributed by atoms with van der Waals surface area (Å²) >= 11 is 0. The molecule has 9 heteroatoms. The van der Waals surface area contributed by atoms with Gasteiger partial charge in [-0.15, -0.1) is 0 Å². The van der Waals surface area contributed by atoms with Gasteiger partial charge in [0.2, 0.25) is 0 Å². The molecule has 0 heterocycles. The predicted octanol–water partition coefficient (Wildman–Crippen LogP) is -1.79. The molecule has 0 bridgehead atoms. The number of unbranched alkanes of at least 4 members (excludes halogenated alkanes) is 2. The zero-order valence-corrected chi connectivity index (χ0v) is 15.2. The maximum absolute atomic E-state index is 11.6. The van der Waals surface area contributed by atoms with Gasteiger partial charge in [0.15, 0.2) is 5.25 Å². The normalized spacial score (nSPS) is 11.9. The Labute approximate surface area is 148 Å². The molecule has 21 heavy (non-hydrogen) atoms. The third-order valence-corrected chi connectivity index (χ3v) is 3.41. The fourth-order valence-electron chi connectivity index (χ4n) is 1.29. The van der Waals surface area contributed by atoms with Gasteiger partial charge >= 0.3 is 41.5 Å². The molecule has 0 radical (unpaired) electrons. The van der Waals surface area contributed by atoms with Gasteiger partial charge in [-0.2, -0.15) is 8.42 Å². The van der Waals surface area contributed by atoms with Crippen LogP contribution in [0, 0.1) is 0 Å². The monoisotopic (exact) mass is 332 g/mol. The van der Waals surface area contributed by atoms with Crippen molar-refractivity contribution in [2.75, 3.05) is 13.2 Å². The second-order valence-corrected chi connectivity index (χ2v) is 5.65. The van der Waals surface area contributed by atoms with Crippen LogP contribution in [-0.4, -0.2) is 43.4 Å². The number of hydrogen-bond donors (Lipinski definition) is 1. The van der Waals surface area contributed by atoms with E-state index in [0.717, 1.165) is 12.8 Å². The van der Waals surface area contributed by atoms with Gasteiger partial charge in [0.05, 0.1) is 13.0 Å². The van der Waals surface area contributed by atoms with Crippen LogP contribution in [0.4, 0.5) is 0 Å². The first-order valence-corrected chi connectivity index (χ1v) is 7.72. The summed E-state index contributed by atoms with van der Waals surface area (Å²) in [7, 11) is -4.73. The first kappa shape index (κ1) is 22.9. The first-order chi connectivity index (χ1) is 9.32. The fraction of sp³-hybridized carbons (Fsp3) is 0.667. The Morgan fingerprint density at radius 1 is 1.33 bits per heavy atom. The third-order valence-electron chi connectivity index (χ3n) is 2.33. The van der Waals surface area contributed by atoms with Gasteiger partial charge in [-0.05, 0) is 6.42 Å². The quantitative estimate of drug-likeness (QED) is 0.166. The van der Waals surface area contributed by atoms with E-state index < -0.39 is 33.7 Å². The van der Waals surface area contributed by atoms with E-state index in [1.165, 1.54) is 6.08 Å². The topological polar surface area (TPSA) is 107 Å². The zero-order chi connectivity index (χ0) is 15.6. The molecule has 1 atom stereocenters. The molecule has 0 fully saturated rings. The van der Waals surface area contributed by atoms with E-state index in [9.17, 15) is 18.0 Å². The van der Waals surface area contributed by atoms with Crippen molar-refractivity contribution in [2.45, 2.75) is 37.9 Å². The number of rotatable bonds is 10. The van der Waals surface area contributed by atoms with Crippen LogP contribution in [-0.2, 0) is 29.2 Å². The average molecular weight is 332 g/mol. The average Bonchev–Trinajstić information content (AvgIpc) is 2.37. The Bertz CT molecular complexity index is 439. The second kappa shape index (κ2) is 12.2. The van der Waals surface area contributed by atoms with Crippen LogP contribution in [0.5, 0.6) is 0 Å². The Hall–Kier alpha value is -0.410. The van der Waals surface area contributed by atoms with Crippen LogP contribution in [0.25, 0.3) is 0 Å². The molecule has 0 aromatic rings. The van der Waals surface area contributed by atoms with Crippen LogP contribution in [0.15, 0.2) is 12.7 Å². The predicted molar refractivity (Wildman–Crippen MR) is 72.7 cm³/mol. The second-order valence-electron chi connectivity index (χ2n) is 4.05. The van der Waals surface area contributed by atoms with E-state index >= 15 is 0 Å². The number of esters is 2. The molecule has 0 spiro atoms. The summed E-state index contributed by atoms with van der Waals surface area (Å²) in [5.74, 6) is -2.09. The van der Waals surface area contributed by atoms with Crippen LogP contribution >= 0.6 is 0 Å². The summed E-state index contributed by atoms with van der Waals surface area (Å²) in [4.78, 5) is 22.9. The van der Waals surface area contributed by atoms with Gasteiger partial charge in [0.25, 0.3) is 10.1 Å². The Morgan fingerprint density at radius 2 is 1.95 bits per heavy atom. The van der Waals surface area contributed by atoms with E-state index in [-0.39, 0.29) is 44.2 Å². The van der Waals surface area contributed by atoms with Gasteiger partial charge in [-0.3, -0.25) is 14.1 Å². The van der Waals surface area contributed by atoms with Crippen LogP contribution < -0.4 is 29.6 Å². The smallest absolute Gasteiger partial charge is 1.00 e. The van der Waals surface area contributed by atoms with Gasteiger partial charge < -0.3 is 10.9 Å². The van der Waals surface area contributed by atoms with Crippen molar-refractivity contribution in [3.05, 3.63) is 12.7 Å². The van der Waals surface area contributed by atoms with E-state index in [2.05, 4.69) is 11.3 Å². The molecule has 1 N–H and O–H groups in total. The van der Waals surface area contributed by atoms with E-state index in [0.29, 0.717) is 6.42 Å². The molecular weight excluding hydrogens is 311 g/mol. The molecule has 0 aliphatic carbocycles. The van der Waals surface area contributed by atoms with Crippen molar-refractivity contribution in [1.29, 1.82) is 0 Å². The molecule has 0 saturated heterocycles. The number of ether oxygens (including phenoxy) is 2. The van der Waals surface area contributed by atoms with Crippen molar-refractivity contribution in [1.82, 2.24) is 0 Å². The summed E-state index contributed by atoms with van der Waals surface area (Å²) < 4.78 is 40.5. The molecule has 118 valence electrons. The summed E-state index contributed by atoms with van der Waals surface area (Å²) in [5, 5.41) is -1.96. The number of carbonyl (C=O) groups excluding carboxylic acids is 2. The van der Waals surface area contributed by atoms with Crippen LogP contribution in [0.2, 0.25) is 0 Å². The Morgan fingerprint density at radius 3 is 2.43 bits per heavy atom. The molecular formula is C12H21NaO7S. The van der Waals surface area contributed by atoms with E-state index in [1.807, 2.05) is 6.92 Å². The molecule has 1 unspecified atom stereocenters. The van der Waals surface area contributed by atoms with Gasteiger partial charge in [0.1, 0.15) is 6.61 Å². The maximum Gasteiger partial charge on any atom is 1.00 e. The molecule has 0 aliphatic heterocycles. The van der Waals surface area contributed by atoms with Gasteiger partial charge in [0, 0.05) is 0 Å². The number of hydrogen-bond acceptors (Lipinski definition) is 6. The molecule has 0 amide bonds. The minimum atomic E-state index is -4.73. The number of carbonyl (C=O) groups is 2. The van der Waals surface area contributed by atoms with Gasteiger partial charge in [-0.25, -0.2) is 0 Å². The van der Waals surface area contributed by atoms with Gasteiger partial charge in [-0.1, -0.05) is 32.4 Å². The van der Waals surface area contributed by atoms with Crippen molar-refractivity contribution in [3.63, 3.8) is 0 Å². The largest absolute Gasteiger partial charge is 1.00 e. The molecule has 7 nitrogen and oxygen atoms in total. The summed E-state index contributed by atoms with van der Waals surface area (Å²) in [5.41, 5.74) is 0. The van der Waals surface area contributed by atoms with E-state index in [1.54, 1.807) is 0 Å². The molecule has 0 aromatic carbocycles. The van der Waals surface area contributed by atoms with Crippen molar-refractivity contribution >= 4 is 22.1 Å². The summed E-state index contributed by atoms with van der Waals surface area (Å²) in [6.45, 7) is 5.21. The molecule has 0 saturated carbocycles. The first-order valence-electron chi connectivity index (χ1n) is 6.22.